The zero-order chi connectivity index (χ0) is 13.8. The van der Waals surface area contributed by atoms with Gasteiger partial charge in [0.2, 0.25) is 0 Å². The van der Waals surface area contributed by atoms with Gasteiger partial charge in [-0.25, -0.2) is 14.4 Å². The van der Waals surface area contributed by atoms with E-state index < -0.39 is 0 Å². The molecule has 19 heavy (non-hydrogen) atoms. The molecular formula is C13H13BrFN3O. The summed E-state index contributed by atoms with van der Waals surface area (Å²) < 4.78 is 19.0. The number of hydrogen-bond acceptors (Lipinski definition) is 4. The summed E-state index contributed by atoms with van der Waals surface area (Å²) in [6.45, 7) is 0.378. The smallest absolute Gasteiger partial charge is 0.161 e. The number of rotatable bonds is 4. The molecule has 0 spiro atoms. The van der Waals surface area contributed by atoms with Crippen LogP contribution in [0.4, 0.5) is 10.2 Å². The standard InChI is InChI=1S/C13H13BrFN3O/c1-16-12-6-9(7-19-2)17-13(18-12)8-3-4-10(14)11(15)5-8/h3-6H,7H2,1-2H3,(H,16,17,18). The lowest BCUT2D eigenvalue weighted by Crippen LogP contribution is -2.02. The molecule has 100 valence electrons. The van der Waals surface area contributed by atoms with Crippen LogP contribution in [0.5, 0.6) is 0 Å². The molecule has 1 aromatic carbocycles. The monoisotopic (exact) mass is 325 g/mol. The highest BCUT2D eigenvalue weighted by Crippen LogP contribution is 2.23. The van der Waals surface area contributed by atoms with Crippen molar-refractivity contribution in [1.29, 1.82) is 0 Å². The van der Waals surface area contributed by atoms with Crippen molar-refractivity contribution < 1.29 is 9.13 Å². The molecule has 0 fully saturated rings. The Morgan fingerprint density at radius 1 is 1.32 bits per heavy atom. The largest absolute Gasteiger partial charge is 0.378 e. The number of benzene rings is 1. The van der Waals surface area contributed by atoms with Crippen LogP contribution in [0, 0.1) is 5.82 Å². The van der Waals surface area contributed by atoms with Crippen LogP contribution in [-0.2, 0) is 11.3 Å². The van der Waals surface area contributed by atoms with E-state index in [1.54, 1.807) is 32.4 Å². The lowest BCUT2D eigenvalue weighted by atomic mass is 10.2. The van der Waals surface area contributed by atoms with Crippen LogP contribution in [-0.4, -0.2) is 24.1 Å². The second kappa shape index (κ2) is 6.08. The molecule has 0 amide bonds. The third-order valence-corrected chi connectivity index (χ3v) is 3.15. The van der Waals surface area contributed by atoms with Crippen molar-refractivity contribution in [3.05, 3.63) is 40.2 Å². The zero-order valence-corrected chi connectivity index (χ0v) is 12.2. The lowest BCUT2D eigenvalue weighted by Gasteiger charge is -2.08. The summed E-state index contributed by atoms with van der Waals surface area (Å²) in [6.07, 6.45) is 0. The third-order valence-electron chi connectivity index (χ3n) is 2.51. The van der Waals surface area contributed by atoms with E-state index in [0.717, 1.165) is 5.69 Å². The minimum Gasteiger partial charge on any atom is -0.378 e. The Balaban J connectivity index is 2.47. The molecule has 0 aliphatic rings. The SMILES string of the molecule is CNc1cc(COC)nc(-c2ccc(Br)c(F)c2)n1. The Morgan fingerprint density at radius 2 is 2.11 bits per heavy atom. The quantitative estimate of drug-likeness (QED) is 0.937. The van der Waals surface area contributed by atoms with E-state index in [1.165, 1.54) is 6.07 Å². The van der Waals surface area contributed by atoms with Gasteiger partial charge in [-0.1, -0.05) is 0 Å². The van der Waals surface area contributed by atoms with Gasteiger partial charge < -0.3 is 10.1 Å². The van der Waals surface area contributed by atoms with Crippen molar-refractivity contribution in [2.75, 3.05) is 19.5 Å². The first kappa shape index (κ1) is 13.9. The Hall–Kier alpha value is -1.53. The van der Waals surface area contributed by atoms with Crippen molar-refractivity contribution in [2.24, 2.45) is 0 Å². The fourth-order valence-corrected chi connectivity index (χ4v) is 1.86. The Kier molecular flexibility index (Phi) is 4.44. The predicted molar refractivity (Wildman–Crippen MR) is 75.4 cm³/mol. The fraction of sp³-hybridized carbons (Fsp3) is 0.231. The topological polar surface area (TPSA) is 47.0 Å². The van der Waals surface area contributed by atoms with Crippen molar-refractivity contribution in [1.82, 2.24) is 9.97 Å². The van der Waals surface area contributed by atoms with Crippen molar-refractivity contribution >= 4 is 21.7 Å². The van der Waals surface area contributed by atoms with Gasteiger partial charge in [-0.2, -0.15) is 0 Å². The summed E-state index contributed by atoms with van der Waals surface area (Å²) in [5.74, 6) is 0.787. The van der Waals surface area contributed by atoms with Crippen LogP contribution in [0.25, 0.3) is 11.4 Å². The van der Waals surface area contributed by atoms with Gasteiger partial charge in [0.25, 0.3) is 0 Å². The van der Waals surface area contributed by atoms with Gasteiger partial charge >= 0.3 is 0 Å². The first-order valence-electron chi connectivity index (χ1n) is 5.64. The molecule has 0 aliphatic carbocycles. The first-order chi connectivity index (χ1) is 9.13. The molecule has 2 aromatic rings. The Labute approximate surface area is 119 Å². The molecule has 0 unspecified atom stereocenters. The number of ether oxygens (including phenoxy) is 1. The molecule has 0 radical (unpaired) electrons. The molecule has 2 rings (SSSR count). The van der Waals surface area contributed by atoms with E-state index in [1.807, 2.05) is 0 Å². The average molecular weight is 326 g/mol. The molecule has 4 nitrogen and oxygen atoms in total. The maximum atomic E-state index is 13.6. The number of anilines is 1. The maximum absolute atomic E-state index is 13.6. The van der Waals surface area contributed by atoms with Gasteiger partial charge in [0.15, 0.2) is 5.82 Å². The van der Waals surface area contributed by atoms with E-state index in [0.29, 0.717) is 28.3 Å². The summed E-state index contributed by atoms with van der Waals surface area (Å²) >= 11 is 3.12. The summed E-state index contributed by atoms with van der Waals surface area (Å²) in [6, 6.07) is 6.59. The van der Waals surface area contributed by atoms with Gasteiger partial charge in [0.05, 0.1) is 16.8 Å². The molecule has 0 saturated heterocycles. The number of hydrogen-bond donors (Lipinski definition) is 1. The highest BCUT2D eigenvalue weighted by atomic mass is 79.9. The van der Waals surface area contributed by atoms with Crippen molar-refractivity contribution in [3.8, 4) is 11.4 Å². The molecule has 0 bridgehead atoms. The van der Waals surface area contributed by atoms with Crippen LogP contribution in [0.3, 0.4) is 0 Å². The number of halogens is 2. The Bertz CT molecular complexity index is 592. The van der Waals surface area contributed by atoms with Crippen LogP contribution >= 0.6 is 15.9 Å². The number of methoxy groups -OCH3 is 1. The third kappa shape index (κ3) is 3.27. The predicted octanol–water partition coefficient (Wildman–Crippen LogP) is 3.23. The van der Waals surface area contributed by atoms with Gasteiger partial charge in [-0.05, 0) is 34.1 Å². The second-order valence-electron chi connectivity index (χ2n) is 3.88. The van der Waals surface area contributed by atoms with Crippen LogP contribution in [0.15, 0.2) is 28.7 Å². The van der Waals surface area contributed by atoms with Crippen LogP contribution < -0.4 is 5.32 Å². The minimum absolute atomic E-state index is 0.343. The molecule has 0 atom stereocenters. The lowest BCUT2D eigenvalue weighted by molar-refractivity contribution is 0.181. The number of nitrogens with zero attached hydrogens (tertiary/aromatic N) is 2. The first-order valence-corrected chi connectivity index (χ1v) is 6.43. The molecule has 0 aliphatic heterocycles. The average Bonchev–Trinajstić information content (AvgIpc) is 2.42. The minimum atomic E-state index is -0.343. The molecule has 6 heteroatoms. The van der Waals surface area contributed by atoms with E-state index in [-0.39, 0.29) is 5.82 Å². The van der Waals surface area contributed by atoms with Crippen molar-refractivity contribution in [2.45, 2.75) is 6.61 Å². The fourth-order valence-electron chi connectivity index (χ4n) is 1.61. The molecule has 1 aromatic heterocycles. The van der Waals surface area contributed by atoms with Crippen LogP contribution in [0.1, 0.15) is 5.69 Å². The summed E-state index contributed by atoms with van der Waals surface area (Å²) in [5.41, 5.74) is 1.36. The van der Waals surface area contributed by atoms with Gasteiger partial charge in [0.1, 0.15) is 11.6 Å². The number of aromatic nitrogens is 2. The summed E-state index contributed by atoms with van der Waals surface area (Å²) in [5, 5.41) is 2.95. The van der Waals surface area contributed by atoms with Gasteiger partial charge in [-0.15, -0.1) is 0 Å². The molecule has 0 saturated carbocycles. The van der Waals surface area contributed by atoms with E-state index in [9.17, 15) is 4.39 Å². The molecule has 1 N–H and O–H groups in total. The zero-order valence-electron chi connectivity index (χ0n) is 10.6. The van der Waals surface area contributed by atoms with Gasteiger partial charge in [0, 0.05) is 25.8 Å². The summed E-state index contributed by atoms with van der Waals surface area (Å²) in [4.78, 5) is 8.67. The summed E-state index contributed by atoms with van der Waals surface area (Å²) in [7, 11) is 3.37. The maximum Gasteiger partial charge on any atom is 0.161 e. The molecule has 1 heterocycles. The van der Waals surface area contributed by atoms with Crippen molar-refractivity contribution in [3.63, 3.8) is 0 Å². The van der Waals surface area contributed by atoms with E-state index in [2.05, 4.69) is 31.2 Å². The highest BCUT2D eigenvalue weighted by molar-refractivity contribution is 9.10. The van der Waals surface area contributed by atoms with Gasteiger partial charge in [-0.3, -0.25) is 0 Å². The second-order valence-corrected chi connectivity index (χ2v) is 4.73. The number of nitrogens with one attached hydrogen (secondary N) is 1. The van der Waals surface area contributed by atoms with E-state index >= 15 is 0 Å². The molecular weight excluding hydrogens is 313 g/mol. The van der Waals surface area contributed by atoms with E-state index in [4.69, 9.17) is 4.74 Å². The Morgan fingerprint density at radius 3 is 2.74 bits per heavy atom. The highest BCUT2D eigenvalue weighted by Gasteiger charge is 2.08. The van der Waals surface area contributed by atoms with Crippen LogP contribution in [0.2, 0.25) is 0 Å². The normalized spacial score (nSPS) is 10.5.